The van der Waals surface area contributed by atoms with Crippen LogP contribution in [0, 0.1) is 0 Å². The normalized spacial score (nSPS) is 4.17. The number of carbonyl (C=O) groups is 1. The summed E-state index contributed by atoms with van der Waals surface area (Å²) in [5.74, 6) is -0.833. The second-order valence-electron chi connectivity index (χ2n) is 0.519. The molecule has 4 N–H and O–H groups in total. The Bertz CT molecular complexity index is 31.8. The fourth-order valence-corrected chi connectivity index (χ4v) is 0. The lowest BCUT2D eigenvalue weighted by Gasteiger charge is -1.59. The summed E-state index contributed by atoms with van der Waals surface area (Å²) in [6.07, 6.45) is 0. The topological polar surface area (TPSA) is 101 Å². The zero-order valence-corrected chi connectivity index (χ0v) is 3.47. The van der Waals surface area contributed by atoms with Crippen LogP contribution in [0.1, 0.15) is 6.92 Å². The summed E-state index contributed by atoms with van der Waals surface area (Å²) in [6, 6.07) is 0. The summed E-state index contributed by atoms with van der Waals surface area (Å²) in [6.45, 7) is 1.08. The molecule has 0 heterocycles. The largest absolute Gasteiger partial charge is 0.481 e. The van der Waals surface area contributed by atoms with Gasteiger partial charge in [0.1, 0.15) is 0 Å². The van der Waals surface area contributed by atoms with Crippen molar-refractivity contribution in [2.75, 3.05) is 0 Å². The van der Waals surface area contributed by atoms with Crippen molar-refractivity contribution >= 4 is 5.97 Å². The molecule has 38 valence electrons. The quantitative estimate of drug-likeness (QED) is 0.445. The molecule has 4 nitrogen and oxygen atoms in total. The summed E-state index contributed by atoms with van der Waals surface area (Å²) >= 11 is 0. The molecule has 0 saturated heterocycles. The van der Waals surface area contributed by atoms with E-state index in [0.717, 1.165) is 6.92 Å². The van der Waals surface area contributed by atoms with Gasteiger partial charge in [-0.1, -0.05) is 0 Å². The molecule has 0 rings (SSSR count). The van der Waals surface area contributed by atoms with Crippen molar-refractivity contribution in [3.8, 4) is 0 Å². The Labute approximate surface area is 35.7 Å². The van der Waals surface area contributed by atoms with Crippen molar-refractivity contribution in [1.82, 2.24) is 6.15 Å². The van der Waals surface area contributed by atoms with E-state index in [2.05, 4.69) is 0 Å². The Balaban J connectivity index is -0.0000000450. The number of rotatable bonds is 0. The monoisotopic (exact) mass is 93.0 g/mol. The van der Waals surface area contributed by atoms with E-state index in [0.29, 0.717) is 0 Å². The Morgan fingerprint density at radius 3 is 1.67 bits per heavy atom. The molecule has 0 aliphatic carbocycles. The summed E-state index contributed by atoms with van der Waals surface area (Å²) < 4.78 is 0. The van der Waals surface area contributed by atoms with Crippen molar-refractivity contribution in [2.24, 2.45) is 0 Å². The molecule has 0 aliphatic heterocycles. The van der Waals surface area contributed by atoms with Crippen LogP contribution < -0.4 is 6.15 Å². The van der Waals surface area contributed by atoms with E-state index in [1.165, 1.54) is 0 Å². The minimum absolute atomic E-state index is 0. The first-order chi connectivity index (χ1) is 1.73. The molecule has 0 unspecified atom stereocenters. The number of carboxylic acid groups (broad SMARTS) is 1. The Kier molecular flexibility index (Phi) is 26.8. The fraction of sp³-hybridized carbons (Fsp3) is 0.500. The molecular weight excluding hydrogens is 86.0 g/mol. The van der Waals surface area contributed by atoms with Crippen LogP contribution in [0.3, 0.4) is 0 Å². The van der Waals surface area contributed by atoms with E-state index in [4.69, 9.17) is 9.90 Å². The highest BCUT2D eigenvalue weighted by molar-refractivity contribution is 5.62. The molecule has 0 aliphatic rings. The number of aliphatic carboxylic acids is 1. The van der Waals surface area contributed by atoms with Crippen molar-refractivity contribution < 1.29 is 15.4 Å². The predicted molar refractivity (Wildman–Crippen MR) is 19.0 cm³/mol. The molecule has 0 bridgehead atoms. The number of hydrogen-bond acceptors (Lipinski definition) is 2. The van der Waals surface area contributed by atoms with Gasteiger partial charge in [0.05, 0.1) is 0 Å². The van der Waals surface area contributed by atoms with E-state index in [1.54, 1.807) is 0 Å². The average molecular weight is 93.1 g/mol. The van der Waals surface area contributed by atoms with Crippen molar-refractivity contribution in [1.29, 1.82) is 0 Å². The zero-order valence-electron chi connectivity index (χ0n) is 3.47. The highest BCUT2D eigenvalue weighted by Crippen LogP contribution is 1.42. The van der Waals surface area contributed by atoms with Crippen molar-refractivity contribution in [2.45, 2.75) is 6.92 Å². The van der Waals surface area contributed by atoms with Gasteiger partial charge in [0.2, 0.25) is 0 Å². The second kappa shape index (κ2) is 8.83. The zero-order chi connectivity index (χ0) is 3.58. The van der Waals surface area contributed by atoms with Crippen LogP contribution >= 0.6 is 0 Å². The Hall–Kier alpha value is -0.610. The van der Waals surface area contributed by atoms with Crippen LogP contribution in [0.2, 0.25) is 0 Å². The highest BCUT2D eigenvalue weighted by atomic mass is 16.4. The van der Waals surface area contributed by atoms with E-state index < -0.39 is 5.97 Å². The molecular formula is C2H7NO3. The van der Waals surface area contributed by atoms with Crippen molar-refractivity contribution in [3.63, 3.8) is 0 Å². The Morgan fingerprint density at radius 1 is 1.67 bits per heavy atom. The van der Waals surface area contributed by atoms with Gasteiger partial charge >= 0.3 is 0 Å². The van der Waals surface area contributed by atoms with Crippen LogP contribution in [0.4, 0.5) is 0 Å². The van der Waals surface area contributed by atoms with Crippen molar-refractivity contribution in [3.05, 3.63) is 0 Å². The average Bonchev–Trinajstić information content (AvgIpc) is 0.811. The van der Waals surface area contributed by atoms with Gasteiger partial charge in [-0.3, -0.25) is 4.79 Å². The lowest BCUT2D eigenvalue weighted by Crippen LogP contribution is -1.78. The molecule has 0 amide bonds. The van der Waals surface area contributed by atoms with Gasteiger partial charge in [0.15, 0.2) is 0 Å². The highest BCUT2D eigenvalue weighted by Gasteiger charge is 1.65. The molecule has 2 radical (unpaired) electrons. The summed E-state index contributed by atoms with van der Waals surface area (Å²) in [5.41, 5.74) is 0. The van der Waals surface area contributed by atoms with Crippen LogP contribution in [-0.2, 0) is 10.3 Å². The first-order valence-corrected chi connectivity index (χ1v) is 0.928. The van der Waals surface area contributed by atoms with Crippen LogP contribution in [0.15, 0.2) is 0 Å². The van der Waals surface area contributed by atoms with E-state index >= 15 is 0 Å². The standard InChI is InChI=1S/C2H4O2.H3N.O/c1-2(3)4;;/h1H3,(H,3,4);1H3;. The van der Waals surface area contributed by atoms with Gasteiger partial charge in [0, 0.05) is 12.4 Å². The number of hydrogen-bond donors (Lipinski definition) is 2. The first kappa shape index (κ1) is 18.2. The minimum Gasteiger partial charge on any atom is -0.481 e. The summed E-state index contributed by atoms with van der Waals surface area (Å²) in [5, 5.41) is 7.42. The van der Waals surface area contributed by atoms with Crippen LogP contribution in [0.5, 0.6) is 0 Å². The smallest absolute Gasteiger partial charge is 0.300 e. The van der Waals surface area contributed by atoms with Crippen LogP contribution in [-0.4, -0.2) is 11.1 Å². The molecule has 0 aromatic rings. The molecule has 0 atom stereocenters. The predicted octanol–water partition coefficient (Wildman–Crippen LogP) is 0.134. The third-order valence-electron chi connectivity index (χ3n) is 0. The third-order valence-corrected chi connectivity index (χ3v) is 0. The van der Waals surface area contributed by atoms with Gasteiger partial charge in [-0.05, 0) is 0 Å². The lowest BCUT2D eigenvalue weighted by molar-refractivity contribution is -0.134. The molecule has 4 heteroatoms. The summed E-state index contributed by atoms with van der Waals surface area (Å²) in [4.78, 5) is 9.00. The van der Waals surface area contributed by atoms with Gasteiger partial charge in [-0.2, -0.15) is 0 Å². The van der Waals surface area contributed by atoms with E-state index in [1.807, 2.05) is 0 Å². The molecule has 0 saturated carbocycles. The lowest BCUT2D eigenvalue weighted by atomic mass is 10.9. The van der Waals surface area contributed by atoms with Gasteiger partial charge < -0.3 is 11.3 Å². The molecule has 0 aromatic heterocycles. The van der Waals surface area contributed by atoms with E-state index in [9.17, 15) is 0 Å². The van der Waals surface area contributed by atoms with Gasteiger partial charge in [-0.25, -0.2) is 0 Å². The maximum Gasteiger partial charge on any atom is 0.300 e. The fourth-order valence-electron chi connectivity index (χ4n) is 0. The second-order valence-corrected chi connectivity index (χ2v) is 0.519. The molecule has 0 spiro atoms. The first-order valence-electron chi connectivity index (χ1n) is 0.928. The maximum absolute atomic E-state index is 9.00. The van der Waals surface area contributed by atoms with Gasteiger partial charge in [0.25, 0.3) is 5.97 Å². The van der Waals surface area contributed by atoms with E-state index in [-0.39, 0.29) is 11.6 Å². The summed E-state index contributed by atoms with van der Waals surface area (Å²) in [7, 11) is 0. The molecule has 0 aromatic carbocycles. The Morgan fingerprint density at radius 2 is 1.67 bits per heavy atom. The number of carboxylic acids is 1. The van der Waals surface area contributed by atoms with Crippen LogP contribution in [0.25, 0.3) is 0 Å². The maximum atomic E-state index is 9.00. The van der Waals surface area contributed by atoms with Gasteiger partial charge in [-0.15, -0.1) is 0 Å². The molecule has 0 fully saturated rings. The minimum atomic E-state index is -0.833. The molecule has 6 heavy (non-hydrogen) atoms. The SMILES string of the molecule is CC(=O)O.N.[O]. The third kappa shape index (κ3) is 52.0.